The summed E-state index contributed by atoms with van der Waals surface area (Å²) < 4.78 is 1.85. The second kappa shape index (κ2) is 7.07. The molecule has 3 aromatic rings. The fourth-order valence-electron chi connectivity index (χ4n) is 3.10. The van der Waals surface area contributed by atoms with Gasteiger partial charge < -0.3 is 10.6 Å². The Morgan fingerprint density at radius 2 is 1.75 bits per heavy atom. The number of fused-ring (bicyclic) bond motifs is 1. The molecule has 0 spiro atoms. The van der Waals surface area contributed by atoms with Gasteiger partial charge >= 0.3 is 0 Å². The van der Waals surface area contributed by atoms with Crippen molar-refractivity contribution in [2.24, 2.45) is 5.92 Å². The van der Waals surface area contributed by atoms with Gasteiger partial charge in [0.15, 0.2) is 5.65 Å². The van der Waals surface area contributed by atoms with Crippen molar-refractivity contribution in [3.05, 3.63) is 47.8 Å². The first-order chi connectivity index (χ1) is 13.4. The number of hydrogen-bond acceptors (Lipinski definition) is 4. The van der Waals surface area contributed by atoms with Crippen LogP contribution in [0.4, 0.5) is 11.4 Å². The Morgan fingerprint density at radius 3 is 2.36 bits per heavy atom. The molecule has 0 aliphatic heterocycles. The second-order valence-electron chi connectivity index (χ2n) is 7.51. The lowest BCUT2D eigenvalue weighted by atomic mass is 10.1. The summed E-state index contributed by atoms with van der Waals surface area (Å²) >= 11 is 0. The minimum atomic E-state index is -0.223. The van der Waals surface area contributed by atoms with Gasteiger partial charge in [0.05, 0.1) is 17.5 Å². The monoisotopic (exact) mass is 377 g/mol. The largest absolute Gasteiger partial charge is 0.326 e. The topological polar surface area (TPSA) is 88.9 Å². The molecule has 2 amide bonds. The Kier molecular flexibility index (Phi) is 4.58. The zero-order valence-electron chi connectivity index (χ0n) is 16.2. The number of aryl methyl sites for hydroxylation is 1. The molecule has 2 heterocycles. The van der Waals surface area contributed by atoms with Crippen molar-refractivity contribution in [2.45, 2.75) is 39.7 Å². The lowest BCUT2D eigenvalue weighted by Crippen LogP contribution is -2.15. The van der Waals surface area contributed by atoms with Crippen LogP contribution >= 0.6 is 0 Å². The van der Waals surface area contributed by atoms with E-state index in [-0.39, 0.29) is 23.8 Å². The Labute approximate surface area is 163 Å². The zero-order chi connectivity index (χ0) is 19.8. The first kappa shape index (κ1) is 18.2. The maximum absolute atomic E-state index is 12.7. The van der Waals surface area contributed by atoms with E-state index in [1.807, 2.05) is 31.5 Å². The van der Waals surface area contributed by atoms with E-state index in [1.165, 1.54) is 0 Å². The minimum Gasteiger partial charge on any atom is -0.326 e. The van der Waals surface area contributed by atoms with Crippen molar-refractivity contribution in [1.29, 1.82) is 0 Å². The van der Waals surface area contributed by atoms with Crippen molar-refractivity contribution in [3.63, 3.8) is 0 Å². The van der Waals surface area contributed by atoms with Crippen LogP contribution in [0.3, 0.4) is 0 Å². The second-order valence-corrected chi connectivity index (χ2v) is 7.51. The molecular weight excluding hydrogens is 354 g/mol. The molecule has 0 atom stereocenters. The van der Waals surface area contributed by atoms with Gasteiger partial charge in [-0.25, -0.2) is 9.67 Å². The Hall–Kier alpha value is -3.22. The first-order valence-corrected chi connectivity index (χ1v) is 9.49. The molecule has 2 aromatic heterocycles. The smallest absolute Gasteiger partial charge is 0.257 e. The van der Waals surface area contributed by atoms with Gasteiger partial charge in [-0.1, -0.05) is 0 Å². The van der Waals surface area contributed by atoms with Crippen molar-refractivity contribution in [2.75, 3.05) is 10.6 Å². The first-order valence-electron chi connectivity index (χ1n) is 9.49. The highest BCUT2D eigenvalue weighted by atomic mass is 16.2. The average Bonchev–Trinajstić information content (AvgIpc) is 3.43. The molecule has 0 radical (unpaired) electrons. The van der Waals surface area contributed by atoms with E-state index in [1.54, 1.807) is 30.5 Å². The standard InChI is InChI=1S/C21H23N5O2/c1-12(2)26-19-15(11-22-26)10-18(13(3)23-19)21(28)25-17-8-6-16(7-9-17)24-20(27)14-4-5-14/h6-12,14H,4-5H2,1-3H3,(H,24,27)(H,25,28). The van der Waals surface area contributed by atoms with E-state index in [9.17, 15) is 9.59 Å². The lowest BCUT2D eigenvalue weighted by Gasteiger charge is -2.10. The van der Waals surface area contributed by atoms with Crippen molar-refractivity contribution < 1.29 is 9.59 Å². The molecule has 1 saturated carbocycles. The molecule has 144 valence electrons. The summed E-state index contributed by atoms with van der Waals surface area (Å²) in [6, 6.07) is 9.15. The van der Waals surface area contributed by atoms with Crippen molar-refractivity contribution >= 4 is 34.2 Å². The van der Waals surface area contributed by atoms with Gasteiger partial charge in [-0.2, -0.15) is 5.10 Å². The number of hydrogen-bond donors (Lipinski definition) is 2. The number of nitrogens with one attached hydrogen (secondary N) is 2. The molecule has 7 nitrogen and oxygen atoms in total. The quantitative estimate of drug-likeness (QED) is 0.705. The SMILES string of the molecule is Cc1nc2c(cnn2C(C)C)cc1C(=O)Nc1ccc(NC(=O)C2CC2)cc1. The summed E-state index contributed by atoms with van der Waals surface area (Å²) in [6.07, 6.45) is 3.66. The molecule has 28 heavy (non-hydrogen) atoms. The summed E-state index contributed by atoms with van der Waals surface area (Å²) in [5.41, 5.74) is 3.34. The van der Waals surface area contributed by atoms with E-state index < -0.39 is 0 Å². The Bertz CT molecular complexity index is 1050. The third-order valence-electron chi connectivity index (χ3n) is 4.85. The van der Waals surface area contributed by atoms with E-state index in [0.29, 0.717) is 16.9 Å². The fraction of sp³-hybridized carbons (Fsp3) is 0.333. The van der Waals surface area contributed by atoms with Crippen LogP contribution in [0, 0.1) is 12.8 Å². The zero-order valence-corrected chi connectivity index (χ0v) is 16.2. The number of pyridine rings is 1. The molecule has 0 unspecified atom stereocenters. The van der Waals surface area contributed by atoms with Gasteiger partial charge in [0.2, 0.25) is 5.91 Å². The molecule has 1 aromatic carbocycles. The van der Waals surface area contributed by atoms with E-state index in [4.69, 9.17) is 0 Å². The highest BCUT2D eigenvalue weighted by Gasteiger charge is 2.29. The maximum atomic E-state index is 12.7. The highest BCUT2D eigenvalue weighted by Crippen LogP contribution is 2.30. The van der Waals surface area contributed by atoms with Crippen LogP contribution in [-0.2, 0) is 4.79 Å². The summed E-state index contributed by atoms with van der Waals surface area (Å²) in [5.74, 6) is -0.00230. The van der Waals surface area contributed by atoms with E-state index in [0.717, 1.165) is 29.6 Å². The van der Waals surface area contributed by atoms with Gasteiger partial charge in [-0.05, 0) is 63.9 Å². The van der Waals surface area contributed by atoms with Gasteiger partial charge in [0.25, 0.3) is 5.91 Å². The fourth-order valence-corrected chi connectivity index (χ4v) is 3.10. The highest BCUT2D eigenvalue weighted by molar-refractivity contribution is 6.06. The van der Waals surface area contributed by atoms with E-state index in [2.05, 4.69) is 20.7 Å². The number of benzene rings is 1. The van der Waals surface area contributed by atoms with Crippen LogP contribution in [-0.4, -0.2) is 26.6 Å². The number of nitrogens with zero attached hydrogens (tertiary/aromatic N) is 3. The Balaban J connectivity index is 1.50. The summed E-state index contributed by atoms with van der Waals surface area (Å²) in [6.45, 7) is 5.91. The number of amides is 2. The predicted octanol–water partition coefficient (Wildman–Crippen LogP) is 3.92. The van der Waals surface area contributed by atoms with Crippen LogP contribution in [0.1, 0.15) is 48.8 Å². The number of anilines is 2. The van der Waals surface area contributed by atoms with Gasteiger partial charge in [0, 0.05) is 28.7 Å². The third kappa shape index (κ3) is 3.60. The number of rotatable bonds is 5. The molecule has 1 aliphatic rings. The van der Waals surface area contributed by atoms with Crippen molar-refractivity contribution in [1.82, 2.24) is 14.8 Å². The van der Waals surface area contributed by atoms with Crippen LogP contribution in [0.15, 0.2) is 36.5 Å². The maximum Gasteiger partial charge on any atom is 0.257 e. The molecule has 1 fully saturated rings. The van der Waals surface area contributed by atoms with Gasteiger partial charge in [-0.15, -0.1) is 0 Å². The number of aromatic nitrogens is 3. The normalized spacial score (nSPS) is 13.7. The summed E-state index contributed by atoms with van der Waals surface area (Å²) in [5, 5.41) is 11.0. The summed E-state index contributed by atoms with van der Waals surface area (Å²) in [7, 11) is 0. The molecule has 1 aliphatic carbocycles. The van der Waals surface area contributed by atoms with Crippen LogP contribution in [0.2, 0.25) is 0 Å². The molecule has 0 bridgehead atoms. The molecule has 0 saturated heterocycles. The van der Waals surface area contributed by atoms with Gasteiger partial charge in [0.1, 0.15) is 0 Å². The van der Waals surface area contributed by atoms with Crippen LogP contribution < -0.4 is 10.6 Å². The summed E-state index contributed by atoms with van der Waals surface area (Å²) in [4.78, 5) is 29.1. The minimum absolute atomic E-state index is 0.0636. The molecular formula is C21H23N5O2. The average molecular weight is 377 g/mol. The molecule has 2 N–H and O–H groups in total. The van der Waals surface area contributed by atoms with Crippen LogP contribution in [0.25, 0.3) is 11.0 Å². The van der Waals surface area contributed by atoms with E-state index >= 15 is 0 Å². The number of carbonyl (C=O) groups excluding carboxylic acids is 2. The third-order valence-corrected chi connectivity index (χ3v) is 4.85. The van der Waals surface area contributed by atoms with Crippen LogP contribution in [0.5, 0.6) is 0 Å². The Morgan fingerprint density at radius 1 is 1.11 bits per heavy atom. The predicted molar refractivity (Wildman–Crippen MR) is 108 cm³/mol. The lowest BCUT2D eigenvalue weighted by molar-refractivity contribution is -0.117. The van der Waals surface area contributed by atoms with Gasteiger partial charge in [-0.3, -0.25) is 9.59 Å². The van der Waals surface area contributed by atoms with Crippen molar-refractivity contribution in [3.8, 4) is 0 Å². The number of carbonyl (C=O) groups is 2. The molecule has 4 rings (SSSR count). The molecule has 7 heteroatoms.